The molecule has 0 atom stereocenters. The Kier molecular flexibility index (Phi) is 6.93. The van der Waals surface area contributed by atoms with Crippen molar-refractivity contribution >= 4 is 11.7 Å². The number of hydrogen-bond acceptors (Lipinski definition) is 3. The van der Waals surface area contributed by atoms with Crippen LogP contribution in [-0.2, 0) is 0 Å². The second kappa shape index (κ2) is 8.51. The van der Waals surface area contributed by atoms with E-state index in [1.54, 1.807) is 6.20 Å². The first-order chi connectivity index (χ1) is 9.22. The predicted octanol–water partition coefficient (Wildman–Crippen LogP) is 3.17. The molecule has 1 heterocycles. The molecule has 1 aromatic heterocycles. The number of pyridine rings is 1. The van der Waals surface area contributed by atoms with E-state index in [9.17, 15) is 4.79 Å². The van der Waals surface area contributed by atoms with Gasteiger partial charge in [0, 0.05) is 25.8 Å². The lowest BCUT2D eigenvalue weighted by Gasteiger charge is -2.20. The Morgan fingerprint density at radius 3 is 2.58 bits per heavy atom. The van der Waals surface area contributed by atoms with Gasteiger partial charge >= 0.3 is 0 Å². The number of anilines is 1. The first-order valence-corrected chi connectivity index (χ1v) is 7.22. The number of amides is 1. The molecule has 0 fully saturated rings. The van der Waals surface area contributed by atoms with Crippen LogP contribution in [0.25, 0.3) is 0 Å². The van der Waals surface area contributed by atoms with Crippen LogP contribution in [0.3, 0.4) is 0 Å². The van der Waals surface area contributed by atoms with Crippen LogP contribution in [-0.4, -0.2) is 35.4 Å². The topological polar surface area (TPSA) is 45.2 Å². The summed E-state index contributed by atoms with van der Waals surface area (Å²) in [6.07, 6.45) is 4.86. The first kappa shape index (κ1) is 15.5. The first-order valence-electron chi connectivity index (χ1n) is 7.22. The van der Waals surface area contributed by atoms with Gasteiger partial charge in [0.15, 0.2) is 0 Å². The maximum absolute atomic E-state index is 12.3. The number of rotatable bonds is 8. The zero-order valence-electron chi connectivity index (χ0n) is 12.3. The molecule has 4 heteroatoms. The van der Waals surface area contributed by atoms with Gasteiger partial charge in [-0.2, -0.15) is 0 Å². The highest BCUT2D eigenvalue weighted by Crippen LogP contribution is 2.09. The van der Waals surface area contributed by atoms with Gasteiger partial charge in [-0.25, -0.2) is 4.98 Å². The van der Waals surface area contributed by atoms with Crippen molar-refractivity contribution < 1.29 is 4.79 Å². The highest BCUT2D eigenvalue weighted by Gasteiger charge is 2.13. The molecule has 0 unspecified atom stereocenters. The Balaban J connectivity index is 2.65. The van der Waals surface area contributed by atoms with Gasteiger partial charge in [0.05, 0.1) is 5.56 Å². The van der Waals surface area contributed by atoms with E-state index in [0.29, 0.717) is 5.56 Å². The van der Waals surface area contributed by atoms with Crippen LogP contribution in [0, 0.1) is 0 Å². The van der Waals surface area contributed by atoms with E-state index < -0.39 is 0 Å². The van der Waals surface area contributed by atoms with Crippen molar-refractivity contribution in [2.45, 2.75) is 40.0 Å². The lowest BCUT2D eigenvalue weighted by Crippen LogP contribution is -2.31. The highest BCUT2D eigenvalue weighted by molar-refractivity contribution is 5.94. The van der Waals surface area contributed by atoms with E-state index in [-0.39, 0.29) is 5.91 Å². The maximum Gasteiger partial charge on any atom is 0.255 e. The number of carbonyl (C=O) groups is 1. The van der Waals surface area contributed by atoms with Crippen LogP contribution < -0.4 is 5.32 Å². The van der Waals surface area contributed by atoms with Crippen LogP contribution >= 0.6 is 0 Å². The molecule has 1 rings (SSSR count). The molecule has 106 valence electrons. The third kappa shape index (κ3) is 4.89. The standard InChI is InChI=1S/C15H25N3O/c1-4-7-11-18(6-3)15(19)13-8-9-14(17-12-13)16-10-5-2/h8-9,12H,4-7,10-11H2,1-3H3,(H,16,17). The van der Waals surface area contributed by atoms with Gasteiger partial charge in [-0.15, -0.1) is 0 Å². The van der Waals surface area contributed by atoms with Crippen molar-refractivity contribution in [3.63, 3.8) is 0 Å². The molecule has 0 aromatic carbocycles. The molecule has 1 aromatic rings. The van der Waals surface area contributed by atoms with Gasteiger partial charge in [0.25, 0.3) is 5.91 Å². The molecule has 0 aliphatic rings. The minimum absolute atomic E-state index is 0.0745. The minimum Gasteiger partial charge on any atom is -0.370 e. The fraction of sp³-hybridized carbons (Fsp3) is 0.600. The smallest absolute Gasteiger partial charge is 0.255 e. The molecule has 0 saturated heterocycles. The molecular weight excluding hydrogens is 238 g/mol. The van der Waals surface area contributed by atoms with Crippen molar-refractivity contribution in [3.05, 3.63) is 23.9 Å². The van der Waals surface area contributed by atoms with E-state index in [1.807, 2.05) is 24.0 Å². The Bertz CT molecular complexity index is 375. The summed E-state index contributed by atoms with van der Waals surface area (Å²) >= 11 is 0. The summed E-state index contributed by atoms with van der Waals surface area (Å²) in [5.41, 5.74) is 0.667. The molecule has 0 saturated carbocycles. The summed E-state index contributed by atoms with van der Waals surface area (Å²) in [6, 6.07) is 3.72. The SMILES string of the molecule is CCCCN(CC)C(=O)c1ccc(NCCC)nc1. The van der Waals surface area contributed by atoms with Crippen molar-refractivity contribution in [2.24, 2.45) is 0 Å². The molecule has 1 amide bonds. The van der Waals surface area contributed by atoms with Crippen molar-refractivity contribution in [2.75, 3.05) is 25.0 Å². The number of aromatic nitrogens is 1. The largest absolute Gasteiger partial charge is 0.370 e. The quantitative estimate of drug-likeness (QED) is 0.783. The molecule has 19 heavy (non-hydrogen) atoms. The van der Waals surface area contributed by atoms with Crippen molar-refractivity contribution in [1.82, 2.24) is 9.88 Å². The molecule has 0 spiro atoms. The Hall–Kier alpha value is -1.58. The number of hydrogen-bond donors (Lipinski definition) is 1. The Morgan fingerprint density at radius 1 is 1.26 bits per heavy atom. The second-order valence-electron chi connectivity index (χ2n) is 4.60. The van der Waals surface area contributed by atoms with Gasteiger partial charge in [0.2, 0.25) is 0 Å². The summed E-state index contributed by atoms with van der Waals surface area (Å²) in [5, 5.41) is 3.20. The fourth-order valence-electron chi connectivity index (χ4n) is 1.81. The zero-order chi connectivity index (χ0) is 14.1. The summed E-state index contributed by atoms with van der Waals surface area (Å²) in [4.78, 5) is 18.4. The summed E-state index contributed by atoms with van der Waals surface area (Å²) in [5.74, 6) is 0.903. The Morgan fingerprint density at radius 2 is 2.05 bits per heavy atom. The van der Waals surface area contributed by atoms with E-state index in [1.165, 1.54) is 0 Å². The number of unbranched alkanes of at least 4 members (excludes halogenated alkanes) is 1. The van der Waals surface area contributed by atoms with Gasteiger partial charge in [0.1, 0.15) is 5.82 Å². The van der Waals surface area contributed by atoms with E-state index in [0.717, 1.165) is 44.7 Å². The molecule has 4 nitrogen and oxygen atoms in total. The lowest BCUT2D eigenvalue weighted by molar-refractivity contribution is 0.0762. The molecular formula is C15H25N3O. The van der Waals surface area contributed by atoms with Crippen LogP contribution in [0.15, 0.2) is 18.3 Å². The van der Waals surface area contributed by atoms with Crippen molar-refractivity contribution in [3.8, 4) is 0 Å². The summed E-state index contributed by atoms with van der Waals surface area (Å²) < 4.78 is 0. The second-order valence-corrected chi connectivity index (χ2v) is 4.60. The summed E-state index contributed by atoms with van der Waals surface area (Å²) in [6.45, 7) is 8.72. The monoisotopic (exact) mass is 263 g/mol. The normalized spacial score (nSPS) is 10.3. The lowest BCUT2D eigenvalue weighted by atomic mass is 10.2. The molecule has 0 bridgehead atoms. The molecule has 0 aliphatic heterocycles. The van der Waals surface area contributed by atoms with E-state index >= 15 is 0 Å². The van der Waals surface area contributed by atoms with Crippen LogP contribution in [0.1, 0.15) is 50.4 Å². The minimum atomic E-state index is 0.0745. The molecule has 0 radical (unpaired) electrons. The van der Waals surface area contributed by atoms with Gasteiger partial charge in [-0.1, -0.05) is 20.3 Å². The number of nitrogens with one attached hydrogen (secondary N) is 1. The average molecular weight is 263 g/mol. The number of carbonyl (C=O) groups excluding carboxylic acids is 1. The molecule has 1 N–H and O–H groups in total. The van der Waals surface area contributed by atoms with E-state index in [4.69, 9.17) is 0 Å². The third-order valence-electron chi connectivity index (χ3n) is 3.02. The van der Waals surface area contributed by atoms with Gasteiger partial charge in [-0.3, -0.25) is 4.79 Å². The third-order valence-corrected chi connectivity index (χ3v) is 3.02. The van der Waals surface area contributed by atoms with Crippen LogP contribution in [0.4, 0.5) is 5.82 Å². The number of nitrogens with zero attached hydrogens (tertiary/aromatic N) is 2. The van der Waals surface area contributed by atoms with Crippen molar-refractivity contribution in [1.29, 1.82) is 0 Å². The summed E-state index contributed by atoms with van der Waals surface area (Å²) in [7, 11) is 0. The van der Waals surface area contributed by atoms with Gasteiger partial charge in [-0.05, 0) is 31.9 Å². The maximum atomic E-state index is 12.3. The van der Waals surface area contributed by atoms with Crippen LogP contribution in [0.5, 0.6) is 0 Å². The van der Waals surface area contributed by atoms with Gasteiger partial charge < -0.3 is 10.2 Å². The highest BCUT2D eigenvalue weighted by atomic mass is 16.2. The Labute approximate surface area is 116 Å². The average Bonchev–Trinajstić information content (AvgIpc) is 2.46. The fourth-order valence-corrected chi connectivity index (χ4v) is 1.81. The van der Waals surface area contributed by atoms with Crippen LogP contribution in [0.2, 0.25) is 0 Å². The van der Waals surface area contributed by atoms with E-state index in [2.05, 4.69) is 24.1 Å². The molecule has 0 aliphatic carbocycles. The zero-order valence-corrected chi connectivity index (χ0v) is 12.3. The predicted molar refractivity (Wildman–Crippen MR) is 79.5 cm³/mol.